The molecule has 2 aromatic carbocycles. The number of phenolic OH excluding ortho intramolecular Hbond substituents is 1. The Hall–Kier alpha value is -2.95. The largest absolute Gasteiger partial charge is 0.508 e. The molecular weight excluding hydrogens is 413 g/mol. The lowest BCUT2D eigenvalue weighted by Gasteiger charge is -2.29. The van der Waals surface area contributed by atoms with E-state index in [1.54, 1.807) is 24.3 Å². The third-order valence-electron chi connectivity index (χ3n) is 6.32. The maximum atomic E-state index is 14.9. The van der Waals surface area contributed by atoms with Crippen molar-refractivity contribution < 1.29 is 23.0 Å². The highest BCUT2D eigenvalue weighted by atomic mass is 19.2. The lowest BCUT2D eigenvalue weighted by Crippen LogP contribution is -2.15. The summed E-state index contributed by atoms with van der Waals surface area (Å²) in [7, 11) is 1.43. The molecule has 1 N–H and O–H groups in total. The molecule has 1 aliphatic rings. The minimum Gasteiger partial charge on any atom is -0.508 e. The van der Waals surface area contributed by atoms with Gasteiger partial charge in [0.05, 0.1) is 7.11 Å². The van der Waals surface area contributed by atoms with Crippen LogP contribution < -0.4 is 0 Å². The molecule has 0 spiro atoms. The average molecular weight is 443 g/mol. The summed E-state index contributed by atoms with van der Waals surface area (Å²) in [6.07, 6.45) is 5.89. The maximum Gasteiger partial charge on any atom is 0.166 e. The minimum atomic E-state index is -0.855. The molecule has 2 nitrogen and oxygen atoms in total. The first kappa shape index (κ1) is 23.7. The first-order valence-electron chi connectivity index (χ1n) is 10.9. The zero-order chi connectivity index (χ0) is 23.3. The lowest BCUT2D eigenvalue weighted by molar-refractivity contribution is 0.303. The highest BCUT2D eigenvalue weighted by molar-refractivity contribution is 5.65. The number of aromatic hydroxyl groups is 1. The summed E-state index contributed by atoms with van der Waals surface area (Å²) in [4.78, 5) is 0. The van der Waals surface area contributed by atoms with Crippen LogP contribution in [0.25, 0.3) is 11.1 Å². The molecule has 0 atom stereocenters. The fourth-order valence-corrected chi connectivity index (χ4v) is 4.31. The number of methoxy groups -OCH3 is 1. The van der Waals surface area contributed by atoms with E-state index in [0.29, 0.717) is 29.0 Å². The molecule has 170 valence electrons. The standard InChI is InChI=1S/C27H29F3O2/c1-17(25(28)16-18(2)32-3)4-5-19-6-8-20(9-7-19)23-14-15-24(27(30)26(23)29)21-10-12-22(31)13-11-21/h10-16,19-20,31H,1-2,4-9H2,3H3/b25-16+. The molecule has 0 radical (unpaired) electrons. The van der Waals surface area contributed by atoms with Gasteiger partial charge < -0.3 is 9.84 Å². The number of hydrogen-bond donors (Lipinski definition) is 1. The van der Waals surface area contributed by atoms with Gasteiger partial charge in [-0.05, 0) is 79.2 Å². The summed E-state index contributed by atoms with van der Waals surface area (Å²) in [5, 5.41) is 9.40. The van der Waals surface area contributed by atoms with Gasteiger partial charge in [-0.3, -0.25) is 0 Å². The molecule has 0 aromatic heterocycles. The Morgan fingerprint density at radius 3 is 2.31 bits per heavy atom. The fraction of sp³-hybridized carbons (Fsp3) is 0.333. The Labute approximate surface area is 187 Å². The number of allylic oxidation sites excluding steroid dienone is 3. The second-order valence-electron chi connectivity index (χ2n) is 8.40. The third-order valence-corrected chi connectivity index (χ3v) is 6.32. The van der Waals surface area contributed by atoms with Gasteiger partial charge in [0.15, 0.2) is 11.6 Å². The maximum absolute atomic E-state index is 14.9. The third kappa shape index (κ3) is 5.64. The molecule has 5 heteroatoms. The number of rotatable bonds is 8. The van der Waals surface area contributed by atoms with Gasteiger partial charge >= 0.3 is 0 Å². The quantitative estimate of drug-likeness (QED) is 0.332. The molecular formula is C27H29F3O2. The Morgan fingerprint density at radius 2 is 1.69 bits per heavy atom. The zero-order valence-electron chi connectivity index (χ0n) is 18.3. The van der Waals surface area contributed by atoms with Gasteiger partial charge in [0.1, 0.15) is 17.3 Å². The molecule has 0 heterocycles. The number of benzene rings is 2. The monoisotopic (exact) mass is 442 g/mol. The van der Waals surface area contributed by atoms with Crippen LogP contribution in [0.1, 0.15) is 50.0 Å². The smallest absolute Gasteiger partial charge is 0.166 e. The zero-order valence-corrected chi connectivity index (χ0v) is 18.3. The molecule has 2 aromatic rings. The molecule has 0 saturated heterocycles. The Bertz CT molecular complexity index is 1000. The molecule has 1 saturated carbocycles. The van der Waals surface area contributed by atoms with E-state index < -0.39 is 17.5 Å². The van der Waals surface area contributed by atoms with Crippen molar-refractivity contribution in [2.75, 3.05) is 7.11 Å². The van der Waals surface area contributed by atoms with E-state index >= 15 is 0 Å². The lowest BCUT2D eigenvalue weighted by atomic mass is 9.76. The first-order chi connectivity index (χ1) is 15.3. The molecule has 0 aliphatic heterocycles. The topological polar surface area (TPSA) is 29.5 Å². The molecule has 32 heavy (non-hydrogen) atoms. The van der Waals surface area contributed by atoms with Crippen LogP contribution >= 0.6 is 0 Å². The van der Waals surface area contributed by atoms with Crippen molar-refractivity contribution >= 4 is 0 Å². The van der Waals surface area contributed by atoms with Crippen molar-refractivity contribution in [1.29, 1.82) is 0 Å². The number of phenols is 1. The summed E-state index contributed by atoms with van der Waals surface area (Å²) in [5.41, 5.74) is 1.54. The van der Waals surface area contributed by atoms with Crippen molar-refractivity contribution in [2.45, 2.75) is 44.4 Å². The predicted octanol–water partition coefficient (Wildman–Crippen LogP) is 7.96. The van der Waals surface area contributed by atoms with Crippen LogP contribution in [-0.4, -0.2) is 12.2 Å². The molecule has 0 bridgehead atoms. The van der Waals surface area contributed by atoms with Crippen LogP contribution in [0.3, 0.4) is 0 Å². The van der Waals surface area contributed by atoms with Crippen LogP contribution in [0.2, 0.25) is 0 Å². The van der Waals surface area contributed by atoms with Gasteiger partial charge in [0, 0.05) is 11.6 Å². The van der Waals surface area contributed by atoms with Crippen molar-refractivity contribution in [3.8, 4) is 16.9 Å². The van der Waals surface area contributed by atoms with Gasteiger partial charge in [0.25, 0.3) is 0 Å². The first-order valence-corrected chi connectivity index (χ1v) is 10.9. The number of halogens is 3. The van der Waals surface area contributed by atoms with E-state index in [4.69, 9.17) is 4.74 Å². The Morgan fingerprint density at radius 1 is 1.03 bits per heavy atom. The molecule has 0 amide bonds. The molecule has 1 aliphatic carbocycles. The minimum absolute atomic E-state index is 0.0283. The van der Waals surface area contributed by atoms with E-state index in [1.807, 2.05) is 0 Å². The molecule has 1 fully saturated rings. The average Bonchev–Trinajstić information content (AvgIpc) is 2.80. The highest BCUT2D eigenvalue weighted by Gasteiger charge is 2.26. The fourth-order valence-electron chi connectivity index (χ4n) is 4.31. The molecule has 0 unspecified atom stereocenters. The van der Waals surface area contributed by atoms with Gasteiger partial charge in [-0.15, -0.1) is 0 Å². The van der Waals surface area contributed by atoms with Crippen molar-refractivity contribution in [3.05, 3.63) is 90.0 Å². The van der Waals surface area contributed by atoms with Crippen molar-refractivity contribution in [1.82, 2.24) is 0 Å². The van der Waals surface area contributed by atoms with Gasteiger partial charge in [-0.2, -0.15) is 0 Å². The second-order valence-corrected chi connectivity index (χ2v) is 8.40. The highest BCUT2D eigenvalue weighted by Crippen LogP contribution is 2.40. The predicted molar refractivity (Wildman–Crippen MR) is 122 cm³/mol. The van der Waals surface area contributed by atoms with Crippen molar-refractivity contribution in [2.24, 2.45) is 5.92 Å². The van der Waals surface area contributed by atoms with E-state index in [2.05, 4.69) is 13.2 Å². The summed E-state index contributed by atoms with van der Waals surface area (Å²) in [5.74, 6) is -1.37. The van der Waals surface area contributed by atoms with Crippen LogP contribution in [0.4, 0.5) is 13.2 Å². The van der Waals surface area contributed by atoms with E-state index in [1.165, 1.54) is 25.3 Å². The van der Waals surface area contributed by atoms with Crippen LogP contribution in [0.15, 0.2) is 72.8 Å². The van der Waals surface area contributed by atoms with Crippen LogP contribution in [-0.2, 0) is 4.74 Å². The summed E-state index contributed by atoms with van der Waals surface area (Å²) in [6.45, 7) is 7.38. The summed E-state index contributed by atoms with van der Waals surface area (Å²) in [6, 6.07) is 9.32. The SMILES string of the molecule is C=C(/C=C(/F)C(=C)CCC1CCC(c2ccc(-c3ccc(O)cc3)c(F)c2F)CC1)OC. The number of hydrogen-bond acceptors (Lipinski definition) is 2. The van der Waals surface area contributed by atoms with Gasteiger partial charge in [-0.25, -0.2) is 13.2 Å². The van der Waals surface area contributed by atoms with E-state index in [9.17, 15) is 18.3 Å². The summed E-state index contributed by atoms with van der Waals surface area (Å²) >= 11 is 0. The Kier molecular flexibility index (Phi) is 7.84. The van der Waals surface area contributed by atoms with E-state index in [0.717, 1.165) is 32.1 Å². The van der Waals surface area contributed by atoms with Crippen LogP contribution in [0, 0.1) is 17.6 Å². The van der Waals surface area contributed by atoms with Gasteiger partial charge in [-0.1, -0.05) is 37.4 Å². The second kappa shape index (κ2) is 10.6. The summed E-state index contributed by atoms with van der Waals surface area (Å²) < 4.78 is 48.6. The normalized spacial score (nSPS) is 18.9. The van der Waals surface area contributed by atoms with Gasteiger partial charge in [0.2, 0.25) is 0 Å². The Balaban J connectivity index is 1.59. The van der Waals surface area contributed by atoms with Crippen molar-refractivity contribution in [3.63, 3.8) is 0 Å². The van der Waals surface area contributed by atoms with Crippen LogP contribution in [0.5, 0.6) is 5.75 Å². The number of ether oxygens (including phenoxy) is 1. The van der Waals surface area contributed by atoms with E-state index in [-0.39, 0.29) is 23.0 Å². The molecule has 3 rings (SSSR count).